The Morgan fingerprint density at radius 3 is 2.53 bits per heavy atom. The van der Waals surface area contributed by atoms with Gasteiger partial charge >= 0.3 is 0 Å². The lowest BCUT2D eigenvalue weighted by Gasteiger charge is -2.34. The second kappa shape index (κ2) is 3.61. The van der Waals surface area contributed by atoms with Gasteiger partial charge in [0.05, 0.1) is 19.4 Å². The highest BCUT2D eigenvalue weighted by Gasteiger charge is 2.41. The summed E-state index contributed by atoms with van der Waals surface area (Å²) >= 11 is 0. The van der Waals surface area contributed by atoms with Crippen molar-refractivity contribution in [3.05, 3.63) is 18.0 Å². The van der Waals surface area contributed by atoms with E-state index >= 15 is 0 Å². The van der Waals surface area contributed by atoms with Crippen molar-refractivity contribution in [1.82, 2.24) is 5.16 Å². The molecule has 1 aromatic rings. The second-order valence-corrected chi connectivity index (χ2v) is 4.30. The zero-order valence-corrected chi connectivity index (χ0v) is 8.65. The maximum Gasteiger partial charge on any atom is 0.168 e. The van der Waals surface area contributed by atoms with Gasteiger partial charge in [-0.15, -0.1) is 0 Å². The molecular formula is C11H15NO3. The van der Waals surface area contributed by atoms with Crippen LogP contribution in [0.1, 0.15) is 37.4 Å². The van der Waals surface area contributed by atoms with E-state index in [1.807, 2.05) is 6.07 Å². The summed E-state index contributed by atoms with van der Waals surface area (Å²) < 4.78 is 16.5. The Bertz CT molecular complexity index is 307. The van der Waals surface area contributed by atoms with E-state index in [4.69, 9.17) is 14.0 Å². The number of ether oxygens (including phenoxy) is 2. The predicted octanol–water partition coefficient (Wildman–Crippen LogP) is 2.08. The van der Waals surface area contributed by atoms with Crippen LogP contribution in [-0.4, -0.2) is 24.2 Å². The average molecular weight is 209 g/mol. The van der Waals surface area contributed by atoms with E-state index in [0.717, 1.165) is 44.7 Å². The summed E-state index contributed by atoms with van der Waals surface area (Å²) in [7, 11) is 0. The summed E-state index contributed by atoms with van der Waals surface area (Å²) in [6.07, 6.45) is 5.78. The van der Waals surface area contributed by atoms with Crippen molar-refractivity contribution in [2.45, 2.75) is 37.4 Å². The van der Waals surface area contributed by atoms with Gasteiger partial charge in [-0.25, -0.2) is 0 Å². The summed E-state index contributed by atoms with van der Waals surface area (Å²) in [6, 6.07) is 1.96. The van der Waals surface area contributed by atoms with Gasteiger partial charge in [-0.2, -0.15) is 0 Å². The van der Waals surface area contributed by atoms with E-state index in [1.54, 1.807) is 6.20 Å². The molecule has 4 nitrogen and oxygen atoms in total. The molecule has 1 spiro atoms. The number of rotatable bonds is 1. The van der Waals surface area contributed by atoms with E-state index in [1.165, 1.54) is 0 Å². The molecule has 1 saturated heterocycles. The van der Waals surface area contributed by atoms with Crippen molar-refractivity contribution in [3.8, 4) is 0 Å². The lowest BCUT2D eigenvalue weighted by atomic mass is 9.84. The Labute approximate surface area is 88.5 Å². The molecule has 1 aliphatic heterocycles. The molecule has 82 valence electrons. The molecule has 1 aliphatic carbocycles. The van der Waals surface area contributed by atoms with Crippen molar-refractivity contribution >= 4 is 0 Å². The first-order valence-electron chi connectivity index (χ1n) is 5.56. The van der Waals surface area contributed by atoms with E-state index in [0.29, 0.717) is 5.92 Å². The lowest BCUT2D eigenvalue weighted by molar-refractivity contribution is -0.179. The Balaban J connectivity index is 1.65. The van der Waals surface area contributed by atoms with Gasteiger partial charge in [0.1, 0.15) is 5.76 Å². The monoisotopic (exact) mass is 209 g/mol. The molecule has 1 saturated carbocycles. The third-order valence-corrected chi connectivity index (χ3v) is 3.42. The van der Waals surface area contributed by atoms with Crippen LogP contribution in [0, 0.1) is 0 Å². The molecule has 2 fully saturated rings. The van der Waals surface area contributed by atoms with Gasteiger partial charge < -0.3 is 14.0 Å². The highest BCUT2D eigenvalue weighted by atomic mass is 16.7. The number of hydrogen-bond donors (Lipinski definition) is 0. The summed E-state index contributed by atoms with van der Waals surface area (Å²) in [4.78, 5) is 0. The SMILES string of the molecule is c1cc(C2CCC3(CC2)OCCO3)on1. The molecule has 4 heteroatoms. The standard InChI is InChI=1S/C11H15NO3/c1-4-11(13-7-8-14-11)5-2-9(1)10-3-6-12-15-10/h3,6,9H,1-2,4-5,7-8H2. The van der Waals surface area contributed by atoms with Crippen LogP contribution >= 0.6 is 0 Å². The minimum absolute atomic E-state index is 0.267. The zero-order chi connectivity index (χ0) is 10.1. The molecule has 2 heterocycles. The summed E-state index contributed by atoms with van der Waals surface area (Å²) in [5, 5.41) is 3.75. The molecular weight excluding hydrogens is 194 g/mol. The van der Waals surface area contributed by atoms with E-state index < -0.39 is 0 Å². The van der Waals surface area contributed by atoms with Gasteiger partial charge in [0.15, 0.2) is 5.79 Å². The lowest BCUT2D eigenvalue weighted by Crippen LogP contribution is -2.34. The largest absolute Gasteiger partial charge is 0.361 e. The van der Waals surface area contributed by atoms with Crippen LogP contribution in [0.5, 0.6) is 0 Å². The molecule has 0 aromatic carbocycles. The normalized spacial score (nSPS) is 26.1. The van der Waals surface area contributed by atoms with Crippen LogP contribution in [0.15, 0.2) is 16.8 Å². The van der Waals surface area contributed by atoms with Gasteiger partial charge in [0, 0.05) is 24.8 Å². The third kappa shape index (κ3) is 1.68. The summed E-state index contributed by atoms with van der Waals surface area (Å²) in [5.74, 6) is 1.23. The van der Waals surface area contributed by atoms with Crippen LogP contribution in [0.25, 0.3) is 0 Å². The minimum atomic E-state index is -0.267. The fraction of sp³-hybridized carbons (Fsp3) is 0.727. The summed E-state index contributed by atoms with van der Waals surface area (Å²) in [6.45, 7) is 1.49. The Morgan fingerprint density at radius 2 is 1.93 bits per heavy atom. The molecule has 1 aromatic heterocycles. The van der Waals surface area contributed by atoms with Crippen LogP contribution in [0.4, 0.5) is 0 Å². The Hall–Kier alpha value is -0.870. The molecule has 15 heavy (non-hydrogen) atoms. The Morgan fingerprint density at radius 1 is 1.20 bits per heavy atom. The van der Waals surface area contributed by atoms with E-state index in [-0.39, 0.29) is 5.79 Å². The van der Waals surface area contributed by atoms with E-state index in [9.17, 15) is 0 Å². The van der Waals surface area contributed by atoms with Crippen LogP contribution in [0.3, 0.4) is 0 Å². The van der Waals surface area contributed by atoms with Gasteiger partial charge in [0.2, 0.25) is 0 Å². The van der Waals surface area contributed by atoms with Crippen LogP contribution in [0.2, 0.25) is 0 Å². The van der Waals surface area contributed by atoms with Gasteiger partial charge in [-0.05, 0) is 12.8 Å². The maximum atomic E-state index is 5.68. The maximum absolute atomic E-state index is 5.68. The molecule has 0 N–H and O–H groups in total. The van der Waals surface area contributed by atoms with Crippen molar-refractivity contribution in [2.75, 3.05) is 13.2 Å². The average Bonchev–Trinajstić information content (AvgIpc) is 2.91. The van der Waals surface area contributed by atoms with Crippen molar-refractivity contribution < 1.29 is 14.0 Å². The topological polar surface area (TPSA) is 44.5 Å². The molecule has 0 amide bonds. The molecule has 2 aliphatic rings. The van der Waals surface area contributed by atoms with Crippen LogP contribution < -0.4 is 0 Å². The van der Waals surface area contributed by atoms with Crippen molar-refractivity contribution in [1.29, 1.82) is 0 Å². The highest BCUT2D eigenvalue weighted by molar-refractivity contribution is 5.04. The fourth-order valence-electron chi connectivity index (χ4n) is 2.56. The van der Waals surface area contributed by atoms with Gasteiger partial charge in [-0.3, -0.25) is 0 Å². The van der Waals surface area contributed by atoms with Gasteiger partial charge in [0.25, 0.3) is 0 Å². The molecule has 0 unspecified atom stereocenters. The third-order valence-electron chi connectivity index (χ3n) is 3.42. The number of nitrogens with zero attached hydrogens (tertiary/aromatic N) is 1. The van der Waals surface area contributed by atoms with E-state index in [2.05, 4.69) is 5.16 Å². The van der Waals surface area contributed by atoms with Crippen molar-refractivity contribution in [3.63, 3.8) is 0 Å². The van der Waals surface area contributed by atoms with Gasteiger partial charge in [-0.1, -0.05) is 5.16 Å². The first-order valence-corrected chi connectivity index (χ1v) is 5.56. The zero-order valence-electron chi connectivity index (χ0n) is 8.65. The summed E-state index contributed by atoms with van der Waals surface area (Å²) in [5.41, 5.74) is 0. The highest BCUT2D eigenvalue weighted by Crippen LogP contribution is 2.42. The number of aromatic nitrogens is 1. The van der Waals surface area contributed by atoms with Crippen LogP contribution in [-0.2, 0) is 9.47 Å². The second-order valence-electron chi connectivity index (χ2n) is 4.30. The smallest absolute Gasteiger partial charge is 0.168 e. The first-order chi connectivity index (χ1) is 7.38. The molecule has 0 atom stereocenters. The molecule has 3 rings (SSSR count). The number of hydrogen-bond acceptors (Lipinski definition) is 4. The Kier molecular flexibility index (Phi) is 2.25. The minimum Gasteiger partial charge on any atom is -0.361 e. The van der Waals surface area contributed by atoms with Crippen molar-refractivity contribution in [2.24, 2.45) is 0 Å². The molecule has 0 bridgehead atoms. The first kappa shape index (κ1) is 9.36. The predicted molar refractivity (Wildman–Crippen MR) is 52.3 cm³/mol. The fourth-order valence-corrected chi connectivity index (χ4v) is 2.56. The molecule has 0 radical (unpaired) electrons. The quantitative estimate of drug-likeness (QED) is 0.710.